The van der Waals surface area contributed by atoms with Gasteiger partial charge in [0.15, 0.2) is 0 Å². The molecule has 0 amide bonds. The van der Waals surface area contributed by atoms with Crippen LogP contribution in [0, 0.1) is 11.8 Å². The Hall–Kier alpha value is -0.980. The van der Waals surface area contributed by atoms with E-state index in [-0.39, 0.29) is 0 Å². The minimum Gasteiger partial charge on any atom is -0.298 e. The molecule has 0 saturated carbocycles. The molecule has 2 atom stereocenters. The molecule has 0 N–H and O–H groups in total. The molecule has 5 nitrogen and oxygen atoms in total. The summed E-state index contributed by atoms with van der Waals surface area (Å²) in [6, 6.07) is 4.04. The van der Waals surface area contributed by atoms with Crippen molar-refractivity contribution in [3.63, 3.8) is 0 Å². The van der Waals surface area contributed by atoms with Gasteiger partial charge in [0.2, 0.25) is 10.0 Å². The van der Waals surface area contributed by atoms with Crippen molar-refractivity contribution in [1.29, 1.82) is 0 Å². The highest BCUT2D eigenvalue weighted by Crippen LogP contribution is 2.32. The molecule has 0 aliphatic carbocycles. The van der Waals surface area contributed by atoms with Gasteiger partial charge in [-0.25, -0.2) is 12.7 Å². The molecular weight excluding hydrogens is 262 g/mol. The van der Waals surface area contributed by atoms with E-state index in [1.807, 2.05) is 12.3 Å². The van der Waals surface area contributed by atoms with E-state index in [2.05, 4.69) is 16.0 Å². The second kappa shape index (κ2) is 4.85. The first-order valence-electron chi connectivity index (χ1n) is 6.59. The van der Waals surface area contributed by atoms with E-state index in [4.69, 9.17) is 0 Å². The van der Waals surface area contributed by atoms with Crippen molar-refractivity contribution in [3.8, 4) is 0 Å². The van der Waals surface area contributed by atoms with E-state index in [1.165, 1.54) is 11.8 Å². The first-order valence-corrected chi connectivity index (χ1v) is 8.43. The molecule has 0 bridgehead atoms. The second-order valence-corrected chi connectivity index (χ2v) is 7.64. The third-order valence-electron chi connectivity index (χ3n) is 4.13. The molecule has 1 aromatic heterocycles. The fourth-order valence-corrected chi connectivity index (χ4v) is 4.12. The minimum atomic E-state index is -3.02. The van der Waals surface area contributed by atoms with E-state index >= 15 is 0 Å². The van der Waals surface area contributed by atoms with E-state index in [0.717, 1.165) is 19.6 Å². The van der Waals surface area contributed by atoms with Gasteiger partial charge < -0.3 is 0 Å². The van der Waals surface area contributed by atoms with Gasteiger partial charge in [-0.3, -0.25) is 9.88 Å². The van der Waals surface area contributed by atoms with Crippen LogP contribution in [0.1, 0.15) is 5.56 Å². The SMILES string of the molecule is CS(=O)(=O)N1CC2CN(Cc3cccnc3)CC2C1. The van der Waals surface area contributed by atoms with Gasteiger partial charge in [-0.05, 0) is 23.5 Å². The third kappa shape index (κ3) is 2.80. The molecule has 3 rings (SSSR count). The molecule has 2 unspecified atom stereocenters. The zero-order chi connectivity index (χ0) is 13.5. The van der Waals surface area contributed by atoms with Crippen LogP contribution in [0.3, 0.4) is 0 Å². The molecule has 3 heterocycles. The van der Waals surface area contributed by atoms with Crippen molar-refractivity contribution in [2.45, 2.75) is 6.54 Å². The van der Waals surface area contributed by atoms with E-state index in [9.17, 15) is 8.42 Å². The Balaban J connectivity index is 1.60. The largest absolute Gasteiger partial charge is 0.298 e. The van der Waals surface area contributed by atoms with Gasteiger partial charge in [-0.1, -0.05) is 6.07 Å². The molecule has 0 aromatic carbocycles. The van der Waals surface area contributed by atoms with Crippen molar-refractivity contribution < 1.29 is 8.42 Å². The lowest BCUT2D eigenvalue weighted by molar-refractivity contribution is 0.290. The summed E-state index contributed by atoms with van der Waals surface area (Å²) < 4.78 is 24.7. The maximum Gasteiger partial charge on any atom is 0.211 e. The Morgan fingerprint density at radius 3 is 2.47 bits per heavy atom. The van der Waals surface area contributed by atoms with Gasteiger partial charge in [0.1, 0.15) is 0 Å². The van der Waals surface area contributed by atoms with Gasteiger partial charge in [0.25, 0.3) is 0 Å². The number of rotatable bonds is 3. The average Bonchev–Trinajstić information content (AvgIpc) is 2.87. The molecule has 2 saturated heterocycles. The first kappa shape index (κ1) is 13.0. The van der Waals surface area contributed by atoms with Gasteiger partial charge in [0, 0.05) is 45.1 Å². The van der Waals surface area contributed by atoms with Gasteiger partial charge in [-0.15, -0.1) is 0 Å². The molecule has 0 radical (unpaired) electrons. The molecule has 2 aliphatic heterocycles. The number of likely N-dealkylation sites (tertiary alicyclic amines) is 1. The highest BCUT2D eigenvalue weighted by Gasteiger charge is 2.42. The van der Waals surface area contributed by atoms with E-state index < -0.39 is 10.0 Å². The summed E-state index contributed by atoms with van der Waals surface area (Å²) >= 11 is 0. The van der Waals surface area contributed by atoms with Crippen LogP contribution in [0.4, 0.5) is 0 Å². The molecule has 6 heteroatoms. The van der Waals surface area contributed by atoms with Crippen molar-refractivity contribution in [2.24, 2.45) is 11.8 Å². The smallest absolute Gasteiger partial charge is 0.211 e. The number of nitrogens with zero attached hydrogens (tertiary/aromatic N) is 3. The third-order valence-corrected chi connectivity index (χ3v) is 5.36. The Morgan fingerprint density at radius 1 is 1.26 bits per heavy atom. The fraction of sp³-hybridized carbons (Fsp3) is 0.615. The molecule has 19 heavy (non-hydrogen) atoms. The standard InChI is InChI=1S/C13H19N3O2S/c1-19(17,18)16-9-12-7-15(8-13(12)10-16)6-11-3-2-4-14-5-11/h2-5,12-13H,6-10H2,1H3. The zero-order valence-corrected chi connectivity index (χ0v) is 11.9. The Kier molecular flexibility index (Phi) is 3.32. The van der Waals surface area contributed by atoms with Gasteiger partial charge in [-0.2, -0.15) is 0 Å². The summed E-state index contributed by atoms with van der Waals surface area (Å²) in [6.07, 6.45) is 4.99. The normalized spacial score (nSPS) is 28.7. The monoisotopic (exact) mass is 281 g/mol. The van der Waals surface area contributed by atoms with Crippen molar-refractivity contribution in [3.05, 3.63) is 30.1 Å². The molecule has 104 valence electrons. The summed E-state index contributed by atoms with van der Waals surface area (Å²) in [5.41, 5.74) is 1.22. The minimum absolute atomic E-state index is 0.492. The lowest BCUT2D eigenvalue weighted by Gasteiger charge is -2.19. The Morgan fingerprint density at radius 2 is 1.95 bits per heavy atom. The summed E-state index contributed by atoms with van der Waals surface area (Å²) in [6.45, 7) is 4.27. The van der Waals surface area contributed by atoms with Crippen LogP contribution in [0.2, 0.25) is 0 Å². The van der Waals surface area contributed by atoms with Crippen LogP contribution in [-0.4, -0.2) is 55.0 Å². The average molecular weight is 281 g/mol. The van der Waals surface area contributed by atoms with Gasteiger partial charge in [0.05, 0.1) is 6.26 Å². The number of hydrogen-bond donors (Lipinski definition) is 0. The topological polar surface area (TPSA) is 53.5 Å². The number of pyridine rings is 1. The number of sulfonamides is 1. The van der Waals surface area contributed by atoms with Crippen molar-refractivity contribution >= 4 is 10.0 Å². The molecule has 1 aromatic rings. The summed E-state index contributed by atoms with van der Waals surface area (Å²) in [5, 5.41) is 0. The van der Waals surface area contributed by atoms with Crippen LogP contribution in [0.5, 0.6) is 0 Å². The number of aromatic nitrogens is 1. The maximum atomic E-state index is 11.5. The molecule has 0 spiro atoms. The number of fused-ring (bicyclic) bond motifs is 1. The van der Waals surface area contributed by atoms with E-state index in [1.54, 1.807) is 10.5 Å². The summed E-state index contributed by atoms with van der Waals surface area (Å²) in [7, 11) is -3.02. The fourth-order valence-electron chi connectivity index (χ4n) is 3.20. The second-order valence-electron chi connectivity index (χ2n) is 5.66. The highest BCUT2D eigenvalue weighted by molar-refractivity contribution is 7.88. The van der Waals surface area contributed by atoms with Crippen LogP contribution >= 0.6 is 0 Å². The maximum absolute atomic E-state index is 11.5. The predicted octanol–water partition coefficient (Wildman–Crippen LogP) is 0.405. The Labute approximate surface area is 114 Å². The summed E-state index contributed by atoms with van der Waals surface area (Å²) in [4.78, 5) is 6.54. The van der Waals surface area contributed by atoms with Crippen LogP contribution in [0.25, 0.3) is 0 Å². The Bertz CT molecular complexity index is 532. The first-order chi connectivity index (χ1) is 9.02. The highest BCUT2D eigenvalue weighted by atomic mass is 32.2. The lowest BCUT2D eigenvalue weighted by atomic mass is 10.0. The van der Waals surface area contributed by atoms with Crippen LogP contribution < -0.4 is 0 Å². The number of hydrogen-bond acceptors (Lipinski definition) is 4. The van der Waals surface area contributed by atoms with Crippen LogP contribution in [-0.2, 0) is 16.6 Å². The van der Waals surface area contributed by atoms with E-state index in [0.29, 0.717) is 24.9 Å². The molecule has 2 fully saturated rings. The van der Waals surface area contributed by atoms with Crippen LogP contribution in [0.15, 0.2) is 24.5 Å². The molecular formula is C13H19N3O2S. The zero-order valence-electron chi connectivity index (χ0n) is 11.1. The lowest BCUT2D eigenvalue weighted by Crippen LogP contribution is -2.32. The van der Waals surface area contributed by atoms with Crippen molar-refractivity contribution in [1.82, 2.24) is 14.2 Å². The summed E-state index contributed by atoms with van der Waals surface area (Å²) in [5.74, 6) is 0.984. The van der Waals surface area contributed by atoms with Crippen molar-refractivity contribution in [2.75, 3.05) is 32.4 Å². The molecule has 2 aliphatic rings. The predicted molar refractivity (Wildman–Crippen MR) is 72.9 cm³/mol. The quantitative estimate of drug-likeness (QED) is 0.805. The van der Waals surface area contributed by atoms with Gasteiger partial charge >= 0.3 is 0 Å².